The average Bonchev–Trinajstić information content (AvgIpc) is 2.42. The molecule has 0 heterocycles. The van der Waals surface area contributed by atoms with Crippen molar-refractivity contribution in [3.8, 4) is 0 Å². The number of halogens is 2. The van der Waals surface area contributed by atoms with Crippen LogP contribution in [0.2, 0.25) is 0 Å². The summed E-state index contributed by atoms with van der Waals surface area (Å²) >= 11 is 9.73. The molecular weight excluding hydrogens is 332 g/mol. The van der Waals surface area contributed by atoms with E-state index in [0.29, 0.717) is 11.8 Å². The van der Waals surface area contributed by atoms with Crippen LogP contribution in [-0.2, 0) is 12.8 Å². The maximum Gasteiger partial charge on any atom is 0.0258 e. The fourth-order valence-corrected chi connectivity index (χ4v) is 3.30. The van der Waals surface area contributed by atoms with Gasteiger partial charge in [-0.25, -0.2) is 0 Å². The first-order chi connectivity index (χ1) is 9.60. The minimum absolute atomic E-state index is 0.478. The van der Waals surface area contributed by atoms with Gasteiger partial charge in [0.15, 0.2) is 0 Å². The second kappa shape index (κ2) is 7.28. The Bertz CT molecular complexity index is 557. The summed E-state index contributed by atoms with van der Waals surface area (Å²) in [5.41, 5.74) is 5.54. The molecule has 0 aromatic heterocycles. The lowest BCUT2D eigenvalue weighted by Crippen LogP contribution is -2.12. The third kappa shape index (κ3) is 4.10. The van der Waals surface area contributed by atoms with Gasteiger partial charge < -0.3 is 0 Å². The number of hydrogen-bond donors (Lipinski definition) is 0. The summed E-state index contributed by atoms with van der Waals surface area (Å²) in [6.07, 6.45) is 2.07. The van der Waals surface area contributed by atoms with Gasteiger partial charge in [0.05, 0.1) is 0 Å². The van der Waals surface area contributed by atoms with E-state index in [1.807, 2.05) is 0 Å². The highest BCUT2D eigenvalue weighted by Crippen LogP contribution is 2.22. The molecule has 2 rings (SSSR count). The van der Waals surface area contributed by atoms with Gasteiger partial charge in [0.1, 0.15) is 0 Å². The summed E-state index contributed by atoms with van der Waals surface area (Å²) in [5, 5.41) is 0. The molecule has 2 aromatic rings. The maximum absolute atomic E-state index is 6.20. The second-order valence-electron chi connectivity index (χ2n) is 5.43. The number of rotatable bonds is 5. The highest BCUT2D eigenvalue weighted by molar-refractivity contribution is 9.10. The van der Waals surface area contributed by atoms with Crippen molar-refractivity contribution in [3.05, 3.63) is 69.2 Å². The first-order valence-electron chi connectivity index (χ1n) is 6.95. The van der Waals surface area contributed by atoms with Crippen LogP contribution in [0.1, 0.15) is 22.3 Å². The Labute approximate surface area is 135 Å². The van der Waals surface area contributed by atoms with Gasteiger partial charge in [-0.05, 0) is 67.0 Å². The highest BCUT2D eigenvalue weighted by Gasteiger charge is 2.13. The van der Waals surface area contributed by atoms with E-state index in [-0.39, 0.29) is 0 Å². The van der Waals surface area contributed by atoms with E-state index in [4.69, 9.17) is 11.6 Å². The van der Waals surface area contributed by atoms with Gasteiger partial charge in [-0.3, -0.25) is 0 Å². The Morgan fingerprint density at radius 2 is 1.65 bits per heavy atom. The van der Waals surface area contributed by atoms with Crippen LogP contribution in [0.4, 0.5) is 0 Å². The highest BCUT2D eigenvalue weighted by atomic mass is 79.9. The summed E-state index contributed by atoms with van der Waals surface area (Å²) in [6.45, 7) is 4.37. The largest absolute Gasteiger partial charge is 0.126 e. The van der Waals surface area contributed by atoms with E-state index < -0.39 is 0 Å². The van der Waals surface area contributed by atoms with E-state index in [9.17, 15) is 0 Å². The number of benzene rings is 2. The Kier molecular flexibility index (Phi) is 5.68. The van der Waals surface area contributed by atoms with Crippen LogP contribution in [0.5, 0.6) is 0 Å². The topological polar surface area (TPSA) is 0 Å². The maximum atomic E-state index is 6.20. The fraction of sp³-hybridized carbons (Fsp3) is 0.333. The minimum Gasteiger partial charge on any atom is -0.126 e. The molecule has 106 valence electrons. The molecular formula is C18H20BrCl. The van der Waals surface area contributed by atoms with E-state index in [1.165, 1.54) is 22.3 Å². The predicted octanol–water partition coefficient (Wildman–Crippen LogP) is 5.71. The van der Waals surface area contributed by atoms with Crippen molar-refractivity contribution in [1.29, 1.82) is 0 Å². The lowest BCUT2D eigenvalue weighted by atomic mass is 9.90. The monoisotopic (exact) mass is 350 g/mol. The molecule has 0 radical (unpaired) electrons. The SMILES string of the molecule is Cc1cccc(C)c1CC(CCl)Cc1cccc(Br)c1. The molecule has 0 saturated carbocycles. The minimum atomic E-state index is 0.478. The standard InChI is InChI=1S/C18H20BrCl/c1-13-5-3-6-14(2)18(13)11-16(12-20)9-15-7-4-8-17(19)10-15/h3-8,10,16H,9,11-12H2,1-2H3. The molecule has 0 amide bonds. The third-order valence-corrected chi connectivity index (χ3v) is 4.70. The van der Waals surface area contributed by atoms with Crippen molar-refractivity contribution in [3.63, 3.8) is 0 Å². The molecule has 0 fully saturated rings. The molecule has 0 aliphatic rings. The first kappa shape index (κ1) is 15.6. The summed E-state index contributed by atoms with van der Waals surface area (Å²) in [6, 6.07) is 15.0. The van der Waals surface area contributed by atoms with Crippen LogP contribution >= 0.6 is 27.5 Å². The number of alkyl halides is 1. The van der Waals surface area contributed by atoms with Crippen LogP contribution in [0.15, 0.2) is 46.9 Å². The van der Waals surface area contributed by atoms with Crippen molar-refractivity contribution in [2.45, 2.75) is 26.7 Å². The first-order valence-corrected chi connectivity index (χ1v) is 8.28. The Morgan fingerprint density at radius 3 is 2.25 bits per heavy atom. The van der Waals surface area contributed by atoms with Crippen molar-refractivity contribution < 1.29 is 0 Å². The van der Waals surface area contributed by atoms with E-state index in [0.717, 1.165) is 17.3 Å². The number of hydrogen-bond acceptors (Lipinski definition) is 0. The number of aryl methyl sites for hydroxylation is 2. The molecule has 0 N–H and O–H groups in total. The van der Waals surface area contributed by atoms with E-state index in [1.54, 1.807) is 0 Å². The van der Waals surface area contributed by atoms with Gasteiger partial charge in [-0.1, -0.05) is 46.3 Å². The molecule has 0 bridgehead atoms. The van der Waals surface area contributed by atoms with Gasteiger partial charge >= 0.3 is 0 Å². The van der Waals surface area contributed by atoms with Crippen molar-refractivity contribution >= 4 is 27.5 Å². The normalized spacial score (nSPS) is 12.4. The van der Waals surface area contributed by atoms with Crippen molar-refractivity contribution in [2.24, 2.45) is 5.92 Å². The van der Waals surface area contributed by atoms with Crippen LogP contribution in [0.3, 0.4) is 0 Å². The molecule has 0 aliphatic carbocycles. The molecule has 1 atom stereocenters. The molecule has 0 saturated heterocycles. The molecule has 20 heavy (non-hydrogen) atoms. The van der Waals surface area contributed by atoms with Crippen LogP contribution in [0.25, 0.3) is 0 Å². The zero-order valence-electron chi connectivity index (χ0n) is 12.0. The van der Waals surface area contributed by atoms with E-state index in [2.05, 4.69) is 72.2 Å². The molecule has 0 spiro atoms. The van der Waals surface area contributed by atoms with Gasteiger partial charge in [0, 0.05) is 10.4 Å². The van der Waals surface area contributed by atoms with Gasteiger partial charge in [-0.15, -0.1) is 11.6 Å². The molecule has 0 aliphatic heterocycles. The second-order valence-corrected chi connectivity index (χ2v) is 6.65. The summed E-state index contributed by atoms with van der Waals surface area (Å²) in [5.74, 6) is 1.17. The Hall–Kier alpha value is -0.790. The quantitative estimate of drug-likeness (QED) is 0.606. The predicted molar refractivity (Wildman–Crippen MR) is 91.7 cm³/mol. The van der Waals surface area contributed by atoms with Gasteiger partial charge in [0.25, 0.3) is 0 Å². The molecule has 1 unspecified atom stereocenters. The Morgan fingerprint density at radius 1 is 1.00 bits per heavy atom. The lowest BCUT2D eigenvalue weighted by Gasteiger charge is -2.17. The van der Waals surface area contributed by atoms with E-state index >= 15 is 0 Å². The Balaban J connectivity index is 2.13. The summed E-state index contributed by atoms with van der Waals surface area (Å²) < 4.78 is 1.13. The third-order valence-electron chi connectivity index (χ3n) is 3.77. The van der Waals surface area contributed by atoms with Crippen LogP contribution < -0.4 is 0 Å². The zero-order valence-corrected chi connectivity index (χ0v) is 14.3. The van der Waals surface area contributed by atoms with Gasteiger partial charge in [0.2, 0.25) is 0 Å². The smallest absolute Gasteiger partial charge is 0.0258 e. The summed E-state index contributed by atoms with van der Waals surface area (Å²) in [7, 11) is 0. The van der Waals surface area contributed by atoms with Crippen LogP contribution in [-0.4, -0.2) is 5.88 Å². The molecule has 0 nitrogen and oxygen atoms in total. The lowest BCUT2D eigenvalue weighted by molar-refractivity contribution is 0.580. The average molecular weight is 352 g/mol. The zero-order chi connectivity index (χ0) is 14.5. The van der Waals surface area contributed by atoms with Crippen molar-refractivity contribution in [2.75, 3.05) is 5.88 Å². The molecule has 2 heteroatoms. The van der Waals surface area contributed by atoms with Crippen LogP contribution in [0, 0.1) is 19.8 Å². The fourth-order valence-electron chi connectivity index (χ4n) is 2.64. The van der Waals surface area contributed by atoms with Crippen molar-refractivity contribution in [1.82, 2.24) is 0 Å². The molecule has 2 aromatic carbocycles. The summed E-state index contributed by atoms with van der Waals surface area (Å²) in [4.78, 5) is 0. The van der Waals surface area contributed by atoms with Gasteiger partial charge in [-0.2, -0.15) is 0 Å².